The zero-order chi connectivity index (χ0) is 24.1. The number of hydrogen-bond acceptors (Lipinski definition) is 4. The molecule has 0 aliphatic rings. The topological polar surface area (TPSA) is 77.1 Å². The molecule has 0 saturated carbocycles. The largest absolute Gasteiger partial charge is 0.462 e. The van der Waals surface area contributed by atoms with Crippen molar-refractivity contribution in [3.63, 3.8) is 0 Å². The van der Waals surface area contributed by atoms with Gasteiger partial charge in [0.25, 0.3) is 5.56 Å². The average Bonchev–Trinajstić information content (AvgIpc) is 2.84. The molecule has 0 fully saturated rings. The standard InChI is InChI=1S/C28H29N3O3/c1-3-34-28(33)24-19-23-25(31(26(24)29)17-15-22-12-8-5-9-13-22)18-20(2)30(27(23)32)16-14-21-10-6-4-7-11-21/h4-13,18-19,29H,3,14-17H2,1-2H3. The van der Waals surface area contributed by atoms with Crippen LogP contribution >= 0.6 is 0 Å². The first-order valence-electron chi connectivity index (χ1n) is 11.6. The van der Waals surface area contributed by atoms with Crippen molar-refractivity contribution in [3.8, 4) is 0 Å². The molecule has 0 saturated heterocycles. The van der Waals surface area contributed by atoms with E-state index in [4.69, 9.17) is 10.1 Å². The number of fused-ring (bicyclic) bond motifs is 1. The van der Waals surface area contributed by atoms with Crippen LogP contribution in [-0.2, 0) is 30.7 Å². The Balaban J connectivity index is 1.81. The van der Waals surface area contributed by atoms with Crippen molar-refractivity contribution in [2.24, 2.45) is 0 Å². The van der Waals surface area contributed by atoms with Crippen LogP contribution in [0.15, 0.2) is 77.6 Å². The Kier molecular flexibility index (Phi) is 7.07. The van der Waals surface area contributed by atoms with Crippen LogP contribution in [0.4, 0.5) is 0 Å². The summed E-state index contributed by atoms with van der Waals surface area (Å²) in [4.78, 5) is 26.2. The van der Waals surface area contributed by atoms with Crippen LogP contribution in [-0.4, -0.2) is 21.7 Å². The summed E-state index contributed by atoms with van der Waals surface area (Å²) < 4.78 is 8.69. The number of ether oxygens (including phenoxy) is 1. The van der Waals surface area contributed by atoms with E-state index >= 15 is 0 Å². The van der Waals surface area contributed by atoms with Crippen molar-refractivity contribution in [1.82, 2.24) is 9.13 Å². The molecule has 0 bridgehead atoms. The van der Waals surface area contributed by atoms with E-state index in [0.29, 0.717) is 30.4 Å². The van der Waals surface area contributed by atoms with Crippen LogP contribution in [0.3, 0.4) is 0 Å². The molecule has 0 unspecified atom stereocenters. The van der Waals surface area contributed by atoms with Gasteiger partial charge in [-0.1, -0.05) is 60.7 Å². The molecule has 0 aliphatic carbocycles. The zero-order valence-corrected chi connectivity index (χ0v) is 19.6. The van der Waals surface area contributed by atoms with Gasteiger partial charge >= 0.3 is 5.97 Å². The molecule has 2 aromatic heterocycles. The molecule has 6 heteroatoms. The lowest BCUT2D eigenvalue weighted by atomic mass is 10.1. The van der Waals surface area contributed by atoms with Gasteiger partial charge in [0, 0.05) is 18.8 Å². The van der Waals surface area contributed by atoms with E-state index < -0.39 is 5.97 Å². The monoisotopic (exact) mass is 455 g/mol. The highest BCUT2D eigenvalue weighted by Gasteiger charge is 2.18. The van der Waals surface area contributed by atoms with Crippen molar-refractivity contribution in [2.75, 3.05) is 6.61 Å². The number of esters is 1. The maximum absolute atomic E-state index is 13.6. The zero-order valence-electron chi connectivity index (χ0n) is 19.6. The van der Waals surface area contributed by atoms with Gasteiger partial charge in [0.05, 0.1) is 17.5 Å². The van der Waals surface area contributed by atoms with Gasteiger partial charge in [-0.15, -0.1) is 0 Å². The van der Waals surface area contributed by atoms with Crippen molar-refractivity contribution in [1.29, 1.82) is 5.41 Å². The summed E-state index contributed by atoms with van der Waals surface area (Å²) in [7, 11) is 0. The Morgan fingerprint density at radius 2 is 1.44 bits per heavy atom. The number of carbonyl (C=O) groups is 1. The molecular formula is C28H29N3O3. The maximum Gasteiger partial charge on any atom is 0.341 e. The number of hydrogen-bond donors (Lipinski definition) is 1. The minimum Gasteiger partial charge on any atom is -0.462 e. The third-order valence-electron chi connectivity index (χ3n) is 6.06. The molecule has 0 spiro atoms. The van der Waals surface area contributed by atoms with Crippen molar-refractivity contribution < 1.29 is 9.53 Å². The minimum atomic E-state index is -0.585. The summed E-state index contributed by atoms with van der Waals surface area (Å²) in [6.07, 6.45) is 1.40. The molecule has 2 heterocycles. The molecule has 34 heavy (non-hydrogen) atoms. The van der Waals surface area contributed by atoms with E-state index in [9.17, 15) is 9.59 Å². The Labute approximate surface area is 198 Å². The lowest BCUT2D eigenvalue weighted by Gasteiger charge is -2.17. The molecule has 0 amide bonds. The summed E-state index contributed by atoms with van der Waals surface area (Å²) >= 11 is 0. The van der Waals surface area contributed by atoms with Crippen molar-refractivity contribution in [3.05, 3.63) is 111 Å². The van der Waals surface area contributed by atoms with Gasteiger partial charge in [-0.05, 0) is 49.9 Å². The predicted molar refractivity (Wildman–Crippen MR) is 133 cm³/mol. The predicted octanol–water partition coefficient (Wildman–Crippen LogP) is 4.25. The molecule has 1 N–H and O–H groups in total. The van der Waals surface area contributed by atoms with Gasteiger partial charge in [-0.25, -0.2) is 4.79 Å². The number of carbonyl (C=O) groups excluding carboxylic acids is 1. The van der Waals surface area contributed by atoms with E-state index in [-0.39, 0.29) is 23.2 Å². The van der Waals surface area contributed by atoms with Gasteiger partial charge in [-0.3, -0.25) is 10.2 Å². The maximum atomic E-state index is 13.6. The first-order valence-corrected chi connectivity index (χ1v) is 11.6. The summed E-state index contributed by atoms with van der Waals surface area (Å²) in [5.41, 5.74) is 3.76. The Hall–Kier alpha value is -3.93. The highest BCUT2D eigenvalue weighted by atomic mass is 16.5. The van der Waals surface area contributed by atoms with Crippen LogP contribution in [0, 0.1) is 12.3 Å². The highest BCUT2D eigenvalue weighted by Crippen LogP contribution is 2.15. The van der Waals surface area contributed by atoms with E-state index in [0.717, 1.165) is 23.2 Å². The number of aromatic nitrogens is 2. The Morgan fingerprint density at radius 3 is 2.00 bits per heavy atom. The average molecular weight is 456 g/mol. The van der Waals surface area contributed by atoms with Crippen molar-refractivity contribution >= 4 is 16.9 Å². The van der Waals surface area contributed by atoms with E-state index in [2.05, 4.69) is 0 Å². The Morgan fingerprint density at radius 1 is 0.882 bits per heavy atom. The smallest absolute Gasteiger partial charge is 0.341 e. The molecule has 0 atom stereocenters. The third-order valence-corrected chi connectivity index (χ3v) is 6.06. The molecule has 0 aliphatic heterocycles. The first-order chi connectivity index (χ1) is 16.5. The molecule has 6 nitrogen and oxygen atoms in total. The van der Waals surface area contributed by atoms with Gasteiger partial charge < -0.3 is 13.9 Å². The van der Waals surface area contributed by atoms with Crippen molar-refractivity contribution in [2.45, 2.75) is 39.8 Å². The van der Waals surface area contributed by atoms with Gasteiger partial charge in [-0.2, -0.15) is 0 Å². The van der Waals surface area contributed by atoms with E-state index in [1.165, 1.54) is 6.07 Å². The lowest BCUT2D eigenvalue weighted by molar-refractivity contribution is 0.0523. The number of nitrogens with one attached hydrogen (secondary N) is 1. The number of rotatable bonds is 8. The summed E-state index contributed by atoms with van der Waals surface area (Å²) in [5, 5.41) is 9.17. The van der Waals surface area contributed by atoms with Gasteiger partial charge in [0.2, 0.25) is 0 Å². The molecule has 4 rings (SSSR count). The fourth-order valence-corrected chi connectivity index (χ4v) is 4.25. The van der Waals surface area contributed by atoms with Crippen LogP contribution in [0.5, 0.6) is 0 Å². The van der Waals surface area contributed by atoms with Crippen LogP contribution in [0.1, 0.15) is 34.1 Å². The fraction of sp³-hybridized carbons (Fsp3) is 0.250. The van der Waals surface area contributed by atoms with Crippen LogP contribution in [0.2, 0.25) is 0 Å². The summed E-state index contributed by atoms with van der Waals surface area (Å²) in [6, 6.07) is 23.5. The number of aryl methyl sites for hydroxylation is 4. The van der Waals surface area contributed by atoms with Crippen LogP contribution < -0.4 is 11.0 Å². The molecule has 174 valence electrons. The van der Waals surface area contributed by atoms with E-state index in [1.54, 1.807) is 16.1 Å². The first kappa shape index (κ1) is 23.2. The minimum absolute atomic E-state index is 0.0581. The number of nitrogens with zero attached hydrogens (tertiary/aromatic N) is 2. The Bertz CT molecular complexity index is 1420. The molecule has 4 aromatic rings. The highest BCUT2D eigenvalue weighted by molar-refractivity contribution is 5.93. The second-order valence-corrected chi connectivity index (χ2v) is 8.29. The molecule has 0 radical (unpaired) electrons. The SMILES string of the molecule is CCOC(=O)c1cc2c(=O)n(CCc3ccccc3)c(C)cc2n(CCc2ccccc2)c1=N. The number of benzene rings is 2. The summed E-state index contributed by atoms with van der Waals surface area (Å²) in [5.74, 6) is -0.585. The second kappa shape index (κ2) is 10.3. The lowest BCUT2D eigenvalue weighted by Crippen LogP contribution is -2.32. The second-order valence-electron chi connectivity index (χ2n) is 8.29. The number of pyridine rings is 2. The van der Waals surface area contributed by atoms with Crippen LogP contribution in [0.25, 0.3) is 10.9 Å². The summed E-state index contributed by atoms with van der Waals surface area (Å²) in [6.45, 7) is 4.85. The fourth-order valence-electron chi connectivity index (χ4n) is 4.25. The molecular weight excluding hydrogens is 426 g/mol. The molecule has 2 aromatic carbocycles. The van der Waals surface area contributed by atoms with Gasteiger partial charge in [0.15, 0.2) is 0 Å². The third kappa shape index (κ3) is 4.86. The van der Waals surface area contributed by atoms with E-state index in [1.807, 2.05) is 73.7 Å². The normalized spacial score (nSPS) is 11.0. The van der Waals surface area contributed by atoms with Gasteiger partial charge in [0.1, 0.15) is 11.1 Å². The quantitative estimate of drug-likeness (QED) is 0.404.